The molecule has 0 aliphatic carbocycles. The average molecular weight is 551 g/mol. The first-order valence-electron chi connectivity index (χ1n) is 14.1. The van der Waals surface area contributed by atoms with Gasteiger partial charge in [-0.25, -0.2) is 9.37 Å². The smallest absolute Gasteiger partial charge is 0.227 e. The number of thiazole rings is 1. The van der Waals surface area contributed by atoms with E-state index in [1.807, 2.05) is 19.1 Å². The van der Waals surface area contributed by atoms with E-state index in [9.17, 15) is 9.18 Å². The summed E-state index contributed by atoms with van der Waals surface area (Å²) in [5, 5.41) is 3.61. The molecule has 1 N–H and O–H groups in total. The molecule has 210 valence electrons. The van der Waals surface area contributed by atoms with E-state index in [0.29, 0.717) is 18.1 Å². The summed E-state index contributed by atoms with van der Waals surface area (Å²) in [6, 6.07) is 15.3. The first-order valence-corrected chi connectivity index (χ1v) is 14.9. The number of benzene rings is 2. The Balaban J connectivity index is 1.56. The van der Waals surface area contributed by atoms with Crippen LogP contribution in [-0.2, 0) is 24.2 Å². The van der Waals surface area contributed by atoms with Crippen molar-refractivity contribution >= 4 is 28.1 Å². The minimum absolute atomic E-state index is 0.0610. The van der Waals surface area contributed by atoms with Crippen LogP contribution in [0.15, 0.2) is 60.8 Å². The Labute approximate surface area is 237 Å². The van der Waals surface area contributed by atoms with E-state index in [0.717, 1.165) is 79.3 Å². The van der Waals surface area contributed by atoms with Crippen molar-refractivity contribution in [3.8, 4) is 0 Å². The van der Waals surface area contributed by atoms with Gasteiger partial charge in [-0.2, -0.15) is 0 Å². The topological polar surface area (TPSA) is 48.5 Å². The van der Waals surface area contributed by atoms with Crippen molar-refractivity contribution < 1.29 is 9.18 Å². The number of anilines is 2. The molecule has 2 aromatic carbocycles. The van der Waals surface area contributed by atoms with Gasteiger partial charge in [-0.05, 0) is 87.5 Å². The van der Waals surface area contributed by atoms with E-state index in [2.05, 4.69) is 71.7 Å². The monoisotopic (exact) mass is 550 g/mol. The average Bonchev–Trinajstić information content (AvgIpc) is 3.27. The first-order chi connectivity index (χ1) is 18.8. The number of rotatable bonds is 16. The van der Waals surface area contributed by atoms with Crippen LogP contribution in [0.5, 0.6) is 0 Å². The number of hydrogen-bond donors (Lipinski definition) is 1. The fourth-order valence-electron chi connectivity index (χ4n) is 4.62. The summed E-state index contributed by atoms with van der Waals surface area (Å²) >= 11 is 1.51. The minimum Gasteiger partial charge on any atom is -0.345 e. The number of aromatic nitrogens is 1. The maximum Gasteiger partial charge on any atom is 0.227 e. The Bertz CT molecular complexity index is 1180. The first kappa shape index (κ1) is 30.5. The van der Waals surface area contributed by atoms with Gasteiger partial charge in [0, 0.05) is 35.8 Å². The van der Waals surface area contributed by atoms with Crippen LogP contribution in [0.1, 0.15) is 68.2 Å². The molecule has 0 saturated carbocycles. The zero-order valence-electron chi connectivity index (χ0n) is 23.9. The Morgan fingerprint density at radius 3 is 2.21 bits per heavy atom. The summed E-state index contributed by atoms with van der Waals surface area (Å²) < 4.78 is 13.2. The summed E-state index contributed by atoms with van der Waals surface area (Å²) in [6.45, 7) is 16.5. The Morgan fingerprint density at radius 2 is 1.59 bits per heavy atom. The molecular formula is C32H43FN4OS. The summed E-state index contributed by atoms with van der Waals surface area (Å²) in [5.74, 6) is -0.286. The molecule has 0 bridgehead atoms. The number of allylic oxidation sites excluding steroid dienone is 1. The van der Waals surface area contributed by atoms with Crippen LogP contribution in [0.4, 0.5) is 15.2 Å². The molecule has 0 radical (unpaired) electrons. The lowest BCUT2D eigenvalue weighted by Crippen LogP contribution is -2.27. The molecule has 3 rings (SSSR count). The van der Waals surface area contributed by atoms with Crippen molar-refractivity contribution in [2.24, 2.45) is 0 Å². The highest BCUT2D eigenvalue weighted by molar-refractivity contribution is 7.15. The molecule has 5 nitrogen and oxygen atoms in total. The number of halogens is 1. The van der Waals surface area contributed by atoms with Crippen molar-refractivity contribution in [1.82, 2.24) is 9.88 Å². The summed E-state index contributed by atoms with van der Waals surface area (Å²) in [6.07, 6.45) is 5.07. The Kier molecular flexibility index (Phi) is 12.2. The quantitative estimate of drug-likeness (QED) is 0.198. The number of amides is 1. The van der Waals surface area contributed by atoms with Crippen molar-refractivity contribution in [3.05, 3.63) is 88.3 Å². The van der Waals surface area contributed by atoms with Gasteiger partial charge in [0.25, 0.3) is 0 Å². The van der Waals surface area contributed by atoms with Gasteiger partial charge < -0.3 is 10.2 Å². The molecule has 3 aromatic rings. The van der Waals surface area contributed by atoms with E-state index >= 15 is 0 Å². The predicted molar refractivity (Wildman–Crippen MR) is 163 cm³/mol. The summed E-state index contributed by atoms with van der Waals surface area (Å²) in [5.41, 5.74) is 5.36. The maximum atomic E-state index is 13.2. The van der Waals surface area contributed by atoms with Crippen molar-refractivity contribution in [1.29, 1.82) is 0 Å². The van der Waals surface area contributed by atoms with Gasteiger partial charge in [-0.1, -0.05) is 51.6 Å². The SMILES string of the molecule is C=C(CC)N(CCC(=O)Nc1nc(C)c(CCc2ccc(F)cc2)s1)c1ccc(CN(CCC)CCC)cc1. The van der Waals surface area contributed by atoms with E-state index in [1.54, 1.807) is 0 Å². The number of carbonyl (C=O) groups is 1. The number of carbonyl (C=O) groups excluding carboxylic acids is 1. The molecule has 7 heteroatoms. The lowest BCUT2D eigenvalue weighted by atomic mass is 10.1. The van der Waals surface area contributed by atoms with Crippen LogP contribution in [0, 0.1) is 12.7 Å². The van der Waals surface area contributed by atoms with Crippen LogP contribution in [-0.4, -0.2) is 35.4 Å². The molecule has 1 aromatic heterocycles. The molecule has 0 saturated heterocycles. The van der Waals surface area contributed by atoms with E-state index in [4.69, 9.17) is 0 Å². The summed E-state index contributed by atoms with van der Waals surface area (Å²) in [4.78, 5) is 23.2. The van der Waals surface area contributed by atoms with Crippen molar-refractivity contribution in [2.45, 2.75) is 72.8 Å². The van der Waals surface area contributed by atoms with Gasteiger partial charge in [0.15, 0.2) is 5.13 Å². The number of nitrogens with zero attached hydrogens (tertiary/aromatic N) is 3. The zero-order chi connectivity index (χ0) is 28.2. The second-order valence-corrected chi connectivity index (χ2v) is 11.0. The van der Waals surface area contributed by atoms with Crippen LogP contribution >= 0.6 is 11.3 Å². The third kappa shape index (κ3) is 9.59. The van der Waals surface area contributed by atoms with Crippen LogP contribution in [0.2, 0.25) is 0 Å². The fraction of sp³-hybridized carbons (Fsp3) is 0.438. The van der Waals surface area contributed by atoms with Crippen LogP contribution in [0.3, 0.4) is 0 Å². The van der Waals surface area contributed by atoms with Gasteiger partial charge in [-0.15, -0.1) is 11.3 Å². The van der Waals surface area contributed by atoms with E-state index in [-0.39, 0.29) is 11.7 Å². The largest absolute Gasteiger partial charge is 0.345 e. The lowest BCUT2D eigenvalue weighted by molar-refractivity contribution is -0.116. The predicted octanol–water partition coefficient (Wildman–Crippen LogP) is 7.76. The molecule has 1 amide bonds. The highest BCUT2D eigenvalue weighted by Gasteiger charge is 2.15. The standard InChI is InChI=1S/C32H43FN4OS/c1-6-20-36(21-7-2)23-27-11-16-29(17-12-27)37(24(4)8-3)22-19-31(38)35-32-34-25(5)30(39-32)18-13-26-9-14-28(33)15-10-26/h9-12,14-17H,4,6-8,13,18-23H2,1-3,5H3,(H,34,35,38). The molecule has 39 heavy (non-hydrogen) atoms. The summed E-state index contributed by atoms with van der Waals surface area (Å²) in [7, 11) is 0. The van der Waals surface area contributed by atoms with Crippen LogP contribution < -0.4 is 10.2 Å². The molecule has 1 heterocycles. The van der Waals surface area contributed by atoms with Gasteiger partial charge in [0.05, 0.1) is 5.69 Å². The Morgan fingerprint density at radius 1 is 0.949 bits per heavy atom. The highest BCUT2D eigenvalue weighted by Crippen LogP contribution is 2.25. The Hall–Kier alpha value is -3.03. The fourth-order valence-corrected chi connectivity index (χ4v) is 5.60. The molecular weight excluding hydrogens is 507 g/mol. The normalized spacial score (nSPS) is 11.1. The van der Waals surface area contributed by atoms with Gasteiger partial charge in [0.2, 0.25) is 5.91 Å². The minimum atomic E-state index is -0.225. The molecule has 0 aliphatic rings. The molecule has 0 aliphatic heterocycles. The van der Waals surface area contributed by atoms with Crippen molar-refractivity contribution in [3.63, 3.8) is 0 Å². The van der Waals surface area contributed by atoms with Crippen LogP contribution in [0.25, 0.3) is 0 Å². The maximum absolute atomic E-state index is 13.2. The van der Waals surface area contributed by atoms with Gasteiger partial charge in [0.1, 0.15) is 5.82 Å². The number of hydrogen-bond acceptors (Lipinski definition) is 5. The number of aryl methyl sites for hydroxylation is 3. The van der Waals surface area contributed by atoms with E-state index in [1.165, 1.54) is 29.0 Å². The molecule has 0 atom stereocenters. The van der Waals surface area contributed by atoms with Crippen molar-refractivity contribution in [2.75, 3.05) is 29.9 Å². The second kappa shape index (κ2) is 15.5. The van der Waals surface area contributed by atoms with Gasteiger partial charge in [-0.3, -0.25) is 9.69 Å². The zero-order valence-corrected chi connectivity index (χ0v) is 24.7. The van der Waals surface area contributed by atoms with E-state index < -0.39 is 0 Å². The number of nitrogens with one attached hydrogen (secondary N) is 1. The lowest BCUT2D eigenvalue weighted by Gasteiger charge is -2.27. The highest BCUT2D eigenvalue weighted by atomic mass is 32.1. The van der Waals surface area contributed by atoms with Gasteiger partial charge >= 0.3 is 0 Å². The third-order valence-electron chi connectivity index (χ3n) is 6.78. The molecule has 0 unspecified atom stereocenters. The second-order valence-electron chi connectivity index (χ2n) is 9.97. The molecule has 0 spiro atoms. The third-order valence-corrected chi connectivity index (χ3v) is 7.91. The molecule has 0 fully saturated rings.